The number of Topliss-reactive ketones (excluding diaryl/α,β-unsaturated/α-hetero) is 1. The van der Waals surface area contributed by atoms with Crippen molar-refractivity contribution in [2.45, 2.75) is 52.9 Å². The summed E-state index contributed by atoms with van der Waals surface area (Å²) in [5, 5.41) is 0. The predicted molar refractivity (Wildman–Crippen MR) is 91.4 cm³/mol. The van der Waals surface area contributed by atoms with Gasteiger partial charge >= 0.3 is 0 Å². The van der Waals surface area contributed by atoms with Crippen LogP contribution in [0.5, 0.6) is 0 Å². The van der Waals surface area contributed by atoms with Gasteiger partial charge in [0.2, 0.25) is 0 Å². The average molecular weight is 289 g/mol. The smallest absolute Gasteiger partial charge is 0.146 e. The lowest BCUT2D eigenvalue weighted by molar-refractivity contribution is -0.124. The fourth-order valence-corrected chi connectivity index (χ4v) is 3.23. The van der Waals surface area contributed by atoms with Crippen LogP contribution in [0.25, 0.3) is 0 Å². The Kier molecular flexibility index (Phi) is 7.66. The van der Waals surface area contributed by atoms with Gasteiger partial charge in [-0.3, -0.25) is 4.79 Å². The third-order valence-electron chi connectivity index (χ3n) is 4.48. The molecule has 1 atom stereocenters. The van der Waals surface area contributed by atoms with Gasteiger partial charge in [-0.2, -0.15) is 0 Å². The van der Waals surface area contributed by atoms with Gasteiger partial charge in [-0.1, -0.05) is 44.2 Å². The van der Waals surface area contributed by atoms with Crippen LogP contribution < -0.4 is 0 Å². The number of likely N-dealkylation sites (tertiary alicyclic amines) is 1. The Hall–Kier alpha value is -1.15. The van der Waals surface area contributed by atoms with Gasteiger partial charge in [0.25, 0.3) is 0 Å². The molecule has 21 heavy (non-hydrogen) atoms. The van der Waals surface area contributed by atoms with Gasteiger partial charge in [0.05, 0.1) is 5.41 Å². The van der Waals surface area contributed by atoms with Gasteiger partial charge in [-0.05, 0) is 58.3 Å². The van der Waals surface area contributed by atoms with Crippen molar-refractivity contribution in [1.29, 1.82) is 0 Å². The van der Waals surface area contributed by atoms with E-state index in [1.807, 2.05) is 39.0 Å². The lowest BCUT2D eigenvalue weighted by Crippen LogP contribution is -2.37. The molecule has 118 valence electrons. The molecule has 0 aliphatic carbocycles. The zero-order valence-corrected chi connectivity index (χ0v) is 14.0. The molecular formula is C19H31NO. The molecule has 2 heteroatoms. The maximum absolute atomic E-state index is 12.6. The first-order chi connectivity index (χ1) is 10.1. The largest absolute Gasteiger partial charge is 0.303 e. The SMILES string of the molecule is C=C(/C=C\C)C(/C=C/C)(CCN1CCCCC1)C(=O)CC. The molecule has 0 spiro atoms. The molecule has 0 aromatic rings. The first-order valence-electron chi connectivity index (χ1n) is 8.32. The van der Waals surface area contributed by atoms with Crippen LogP contribution >= 0.6 is 0 Å². The molecule has 0 aromatic carbocycles. The predicted octanol–water partition coefficient (Wildman–Crippen LogP) is 4.54. The maximum atomic E-state index is 12.6. The van der Waals surface area contributed by atoms with Crippen LogP contribution in [0.2, 0.25) is 0 Å². The molecule has 0 saturated carbocycles. The Morgan fingerprint density at radius 2 is 1.86 bits per heavy atom. The van der Waals surface area contributed by atoms with Crippen molar-refractivity contribution in [1.82, 2.24) is 4.90 Å². The van der Waals surface area contributed by atoms with E-state index < -0.39 is 5.41 Å². The van der Waals surface area contributed by atoms with Crippen molar-refractivity contribution in [3.63, 3.8) is 0 Å². The van der Waals surface area contributed by atoms with E-state index in [1.54, 1.807) is 0 Å². The van der Waals surface area contributed by atoms with E-state index >= 15 is 0 Å². The number of carbonyl (C=O) groups is 1. The number of nitrogens with zero attached hydrogens (tertiary/aromatic N) is 1. The molecule has 0 aromatic heterocycles. The fourth-order valence-electron chi connectivity index (χ4n) is 3.23. The summed E-state index contributed by atoms with van der Waals surface area (Å²) in [7, 11) is 0. The second-order valence-electron chi connectivity index (χ2n) is 5.93. The number of hydrogen-bond donors (Lipinski definition) is 0. The fraction of sp³-hybridized carbons (Fsp3) is 0.632. The zero-order valence-electron chi connectivity index (χ0n) is 14.0. The second kappa shape index (κ2) is 8.99. The van der Waals surface area contributed by atoms with Crippen LogP contribution in [0, 0.1) is 5.41 Å². The lowest BCUT2D eigenvalue weighted by atomic mass is 9.72. The van der Waals surface area contributed by atoms with E-state index in [4.69, 9.17) is 0 Å². The number of rotatable bonds is 8. The van der Waals surface area contributed by atoms with Crippen molar-refractivity contribution >= 4 is 5.78 Å². The standard InChI is InChI=1S/C19H31NO/c1-5-11-17(4)19(12-6-2,18(21)7-3)13-16-20-14-9-8-10-15-20/h5-6,11-12H,4,7-10,13-16H2,1-3H3/b11-5-,12-6+. The van der Waals surface area contributed by atoms with E-state index in [-0.39, 0.29) is 5.78 Å². The number of allylic oxidation sites excluding steroid dienone is 5. The van der Waals surface area contributed by atoms with Crippen LogP contribution in [-0.2, 0) is 4.79 Å². The summed E-state index contributed by atoms with van der Waals surface area (Å²) in [5.74, 6) is 0.278. The number of carbonyl (C=O) groups excluding carboxylic acids is 1. The molecule has 0 amide bonds. The minimum absolute atomic E-state index is 0.278. The monoisotopic (exact) mass is 289 g/mol. The molecule has 1 aliphatic rings. The highest BCUT2D eigenvalue weighted by Crippen LogP contribution is 2.36. The third-order valence-corrected chi connectivity index (χ3v) is 4.48. The van der Waals surface area contributed by atoms with E-state index in [0.717, 1.165) is 18.5 Å². The van der Waals surface area contributed by atoms with Gasteiger partial charge in [0.15, 0.2) is 0 Å². The van der Waals surface area contributed by atoms with Gasteiger partial charge in [-0.25, -0.2) is 0 Å². The molecule has 1 unspecified atom stereocenters. The van der Waals surface area contributed by atoms with Crippen molar-refractivity contribution in [2.24, 2.45) is 5.41 Å². The lowest BCUT2D eigenvalue weighted by Gasteiger charge is -2.34. The Morgan fingerprint density at radius 1 is 1.19 bits per heavy atom. The number of piperidine rings is 1. The van der Waals surface area contributed by atoms with Crippen LogP contribution in [0.1, 0.15) is 52.9 Å². The first kappa shape index (κ1) is 17.9. The van der Waals surface area contributed by atoms with E-state index in [9.17, 15) is 4.79 Å². The summed E-state index contributed by atoms with van der Waals surface area (Å²) in [4.78, 5) is 15.1. The molecule has 1 heterocycles. The molecule has 1 fully saturated rings. The van der Waals surface area contributed by atoms with E-state index in [2.05, 4.69) is 17.6 Å². The van der Waals surface area contributed by atoms with Gasteiger partial charge in [0, 0.05) is 6.42 Å². The Balaban J connectivity index is 2.92. The van der Waals surface area contributed by atoms with E-state index in [1.165, 1.54) is 32.4 Å². The van der Waals surface area contributed by atoms with E-state index in [0.29, 0.717) is 6.42 Å². The van der Waals surface area contributed by atoms with Crippen LogP contribution in [0.3, 0.4) is 0 Å². The average Bonchev–Trinajstić information content (AvgIpc) is 2.52. The molecule has 0 N–H and O–H groups in total. The highest BCUT2D eigenvalue weighted by atomic mass is 16.1. The summed E-state index contributed by atoms with van der Waals surface area (Å²) < 4.78 is 0. The normalized spacial score (nSPS) is 20.0. The molecular weight excluding hydrogens is 258 g/mol. The van der Waals surface area contributed by atoms with Gasteiger partial charge in [-0.15, -0.1) is 0 Å². The van der Waals surface area contributed by atoms with Gasteiger partial charge < -0.3 is 4.90 Å². The van der Waals surface area contributed by atoms with Crippen LogP contribution in [0.15, 0.2) is 36.5 Å². The molecule has 0 bridgehead atoms. The summed E-state index contributed by atoms with van der Waals surface area (Å²) in [5.41, 5.74) is 0.403. The maximum Gasteiger partial charge on any atom is 0.146 e. The van der Waals surface area contributed by atoms with Gasteiger partial charge in [0.1, 0.15) is 5.78 Å². The number of hydrogen-bond acceptors (Lipinski definition) is 2. The second-order valence-corrected chi connectivity index (χ2v) is 5.93. The first-order valence-corrected chi connectivity index (χ1v) is 8.32. The molecule has 0 radical (unpaired) electrons. The van der Waals surface area contributed by atoms with Crippen molar-refractivity contribution < 1.29 is 4.79 Å². The molecule has 2 nitrogen and oxygen atoms in total. The highest BCUT2D eigenvalue weighted by molar-refractivity contribution is 5.90. The number of ketones is 1. The quantitative estimate of drug-likeness (QED) is 0.483. The van der Waals surface area contributed by atoms with Crippen LogP contribution in [0.4, 0.5) is 0 Å². The minimum atomic E-state index is -0.520. The zero-order chi connectivity index (χ0) is 15.7. The summed E-state index contributed by atoms with van der Waals surface area (Å²) in [6.45, 7) is 13.4. The third kappa shape index (κ3) is 4.67. The highest BCUT2D eigenvalue weighted by Gasteiger charge is 2.36. The summed E-state index contributed by atoms with van der Waals surface area (Å²) >= 11 is 0. The summed E-state index contributed by atoms with van der Waals surface area (Å²) in [6, 6.07) is 0. The summed E-state index contributed by atoms with van der Waals surface area (Å²) in [6.07, 6.45) is 13.3. The molecule has 1 aliphatic heterocycles. The van der Waals surface area contributed by atoms with Crippen LogP contribution in [-0.4, -0.2) is 30.3 Å². The minimum Gasteiger partial charge on any atom is -0.303 e. The topological polar surface area (TPSA) is 20.3 Å². The molecule has 1 rings (SSSR count). The Morgan fingerprint density at radius 3 is 2.38 bits per heavy atom. The Bertz CT molecular complexity index is 402. The van der Waals surface area contributed by atoms with Crippen molar-refractivity contribution in [3.8, 4) is 0 Å². The molecule has 1 saturated heterocycles. The van der Waals surface area contributed by atoms with Crippen molar-refractivity contribution in [3.05, 3.63) is 36.5 Å². The van der Waals surface area contributed by atoms with Crippen molar-refractivity contribution in [2.75, 3.05) is 19.6 Å². The Labute approximate surface area is 130 Å².